The fourth-order valence-electron chi connectivity index (χ4n) is 5.58. The molecular formula is C34H42N2O2. The number of carbonyl (C=O) groups is 2. The molecule has 2 aliphatic carbocycles. The number of hydrogen-bond donors (Lipinski definition) is 1. The summed E-state index contributed by atoms with van der Waals surface area (Å²) in [5.41, 5.74) is 7.68. The maximum absolute atomic E-state index is 13.9. The third-order valence-corrected chi connectivity index (χ3v) is 7.77. The number of benzene rings is 2. The zero-order chi connectivity index (χ0) is 27.7. The van der Waals surface area contributed by atoms with Crippen LogP contribution in [0.25, 0.3) is 0 Å². The summed E-state index contributed by atoms with van der Waals surface area (Å²) in [6.45, 7) is 17.3. The zero-order valence-corrected chi connectivity index (χ0v) is 24.1. The number of ketones is 2. The Kier molecular flexibility index (Phi) is 8.20. The molecule has 0 aliphatic heterocycles. The van der Waals surface area contributed by atoms with Crippen LogP contribution in [0.3, 0.4) is 0 Å². The van der Waals surface area contributed by atoms with Gasteiger partial charge in [-0.1, -0.05) is 104 Å². The van der Waals surface area contributed by atoms with Crippen LogP contribution in [-0.2, 0) is 9.59 Å². The Morgan fingerprint density at radius 1 is 0.737 bits per heavy atom. The number of aliphatic imine (C=N–C) groups is 1. The van der Waals surface area contributed by atoms with Crippen LogP contribution >= 0.6 is 0 Å². The highest BCUT2D eigenvalue weighted by atomic mass is 16.2. The van der Waals surface area contributed by atoms with E-state index in [-0.39, 0.29) is 23.4 Å². The van der Waals surface area contributed by atoms with Crippen molar-refractivity contribution in [2.45, 2.75) is 91.5 Å². The summed E-state index contributed by atoms with van der Waals surface area (Å²) in [6.07, 6.45) is 6.31. The Hall–Kier alpha value is -3.27. The fourth-order valence-corrected chi connectivity index (χ4v) is 5.58. The van der Waals surface area contributed by atoms with Crippen molar-refractivity contribution in [3.8, 4) is 0 Å². The number of rotatable bonds is 7. The van der Waals surface area contributed by atoms with Crippen molar-refractivity contribution in [1.29, 1.82) is 0 Å². The van der Waals surface area contributed by atoms with E-state index in [0.29, 0.717) is 24.0 Å². The van der Waals surface area contributed by atoms with Gasteiger partial charge in [0.05, 0.1) is 11.7 Å². The molecule has 2 aliphatic rings. The lowest BCUT2D eigenvalue weighted by atomic mass is 9.76. The molecule has 4 nitrogen and oxygen atoms in total. The van der Waals surface area contributed by atoms with Crippen LogP contribution in [0.5, 0.6) is 0 Å². The number of hydrogen-bond acceptors (Lipinski definition) is 4. The molecule has 1 N–H and O–H groups in total. The first-order valence-electron chi connectivity index (χ1n) is 14.1. The highest BCUT2D eigenvalue weighted by molar-refractivity contribution is 6.50. The van der Waals surface area contributed by atoms with Crippen LogP contribution in [0.4, 0.5) is 11.4 Å². The first kappa shape index (κ1) is 27.8. The van der Waals surface area contributed by atoms with E-state index in [1.165, 1.54) is 11.1 Å². The highest BCUT2D eigenvalue weighted by Crippen LogP contribution is 2.38. The summed E-state index contributed by atoms with van der Waals surface area (Å²) in [5, 5.41) is 3.59. The average Bonchev–Trinajstić information content (AvgIpc) is 2.86. The van der Waals surface area contributed by atoms with E-state index >= 15 is 0 Å². The van der Waals surface area contributed by atoms with Crippen LogP contribution < -0.4 is 5.32 Å². The quantitative estimate of drug-likeness (QED) is 0.381. The number of carbonyl (C=O) groups excluding carboxylic acids is 2. The van der Waals surface area contributed by atoms with E-state index in [2.05, 4.69) is 97.1 Å². The number of fused-ring (bicyclic) bond motifs is 1. The van der Waals surface area contributed by atoms with E-state index in [4.69, 9.17) is 4.99 Å². The van der Waals surface area contributed by atoms with Gasteiger partial charge in [0.2, 0.25) is 0 Å². The topological polar surface area (TPSA) is 58.5 Å². The van der Waals surface area contributed by atoms with Gasteiger partial charge >= 0.3 is 0 Å². The van der Waals surface area contributed by atoms with E-state index < -0.39 is 12.0 Å². The predicted octanol–water partition coefficient (Wildman–Crippen LogP) is 8.39. The van der Waals surface area contributed by atoms with Crippen LogP contribution in [-0.4, -0.2) is 23.3 Å². The molecule has 4 heteroatoms. The number of Topliss-reactive ketones (excluding diaryl/α,β-unsaturated/α-hetero) is 2. The second kappa shape index (κ2) is 11.2. The minimum Gasteiger partial charge on any atom is -0.374 e. The zero-order valence-electron chi connectivity index (χ0n) is 24.1. The fraction of sp³-hybridized carbons (Fsp3) is 0.441. The Morgan fingerprint density at radius 2 is 1.24 bits per heavy atom. The molecule has 0 aromatic heterocycles. The van der Waals surface area contributed by atoms with Gasteiger partial charge < -0.3 is 5.32 Å². The summed E-state index contributed by atoms with van der Waals surface area (Å²) >= 11 is 0. The Labute approximate surface area is 228 Å². The Bertz CT molecular complexity index is 1270. The molecule has 0 bridgehead atoms. The predicted molar refractivity (Wildman–Crippen MR) is 159 cm³/mol. The van der Waals surface area contributed by atoms with Crippen LogP contribution in [0.1, 0.15) is 108 Å². The third-order valence-electron chi connectivity index (χ3n) is 7.77. The van der Waals surface area contributed by atoms with E-state index in [1.54, 1.807) is 6.08 Å². The standard InChI is InChI=1S/C34H42N2O2/c1-19(2)24-11-9-12-25(20(3)4)31(24)35-28-17-15-23-16-18-29(34(38)30(23)33(28)37)36-32-26(21(5)6)13-10-14-27(32)22(7)8/h9-17,19-22,29-30,36H,18H2,1-8H3. The molecule has 2 atom stereocenters. The van der Waals surface area contributed by atoms with Gasteiger partial charge in [-0.2, -0.15) is 0 Å². The first-order valence-corrected chi connectivity index (χ1v) is 14.1. The minimum atomic E-state index is -0.813. The number of nitrogens with zero attached hydrogens (tertiary/aromatic N) is 1. The maximum Gasteiger partial charge on any atom is 0.196 e. The molecule has 0 saturated heterocycles. The second-order valence-corrected chi connectivity index (χ2v) is 11.9. The van der Waals surface area contributed by atoms with E-state index in [0.717, 1.165) is 28.1 Å². The van der Waals surface area contributed by atoms with Crippen molar-refractivity contribution in [2.75, 3.05) is 5.32 Å². The van der Waals surface area contributed by atoms with E-state index in [9.17, 15) is 9.59 Å². The maximum atomic E-state index is 13.9. The van der Waals surface area contributed by atoms with Gasteiger partial charge in [-0.15, -0.1) is 0 Å². The monoisotopic (exact) mass is 510 g/mol. The largest absolute Gasteiger partial charge is 0.374 e. The van der Waals surface area contributed by atoms with Gasteiger partial charge in [-0.3, -0.25) is 9.59 Å². The molecule has 38 heavy (non-hydrogen) atoms. The number of para-hydroxylation sites is 2. The average molecular weight is 511 g/mol. The molecule has 4 rings (SSSR count). The lowest BCUT2D eigenvalue weighted by Gasteiger charge is -2.32. The Balaban J connectivity index is 1.71. The smallest absolute Gasteiger partial charge is 0.196 e. The van der Waals surface area contributed by atoms with Crippen LogP contribution in [0, 0.1) is 5.92 Å². The number of nitrogens with one attached hydrogen (secondary N) is 1. The van der Waals surface area contributed by atoms with Crippen molar-refractivity contribution in [1.82, 2.24) is 0 Å². The highest BCUT2D eigenvalue weighted by Gasteiger charge is 2.41. The number of anilines is 1. The SMILES string of the molecule is CC(C)c1cccc(C(C)C)c1N=C1C=CC2=CCC(Nc3c(C(C)C)cccc3C(C)C)C(=O)C2C1=O. The summed E-state index contributed by atoms with van der Waals surface area (Å²) in [5.74, 6) is 0.0843. The molecule has 0 spiro atoms. The molecule has 0 saturated carbocycles. The molecular weight excluding hydrogens is 468 g/mol. The molecule has 2 aromatic rings. The summed E-state index contributed by atoms with van der Waals surface area (Å²) in [7, 11) is 0. The van der Waals surface area contributed by atoms with Gasteiger partial charge in [0.15, 0.2) is 11.6 Å². The van der Waals surface area contributed by atoms with Gasteiger partial charge in [0.1, 0.15) is 11.6 Å². The summed E-state index contributed by atoms with van der Waals surface area (Å²) < 4.78 is 0. The molecule has 200 valence electrons. The normalized spacial score (nSPS) is 20.6. The van der Waals surface area contributed by atoms with E-state index in [1.807, 2.05) is 12.2 Å². The lowest BCUT2D eigenvalue weighted by Crippen LogP contribution is -2.44. The molecule has 0 amide bonds. The van der Waals surface area contributed by atoms with Gasteiger partial charge in [-0.25, -0.2) is 4.99 Å². The molecule has 0 heterocycles. The van der Waals surface area contributed by atoms with Crippen molar-refractivity contribution in [2.24, 2.45) is 10.9 Å². The molecule has 0 fully saturated rings. The first-order chi connectivity index (χ1) is 18.0. The van der Waals surface area contributed by atoms with Crippen molar-refractivity contribution in [3.05, 3.63) is 82.5 Å². The van der Waals surface area contributed by atoms with Crippen LogP contribution in [0.15, 0.2) is 65.2 Å². The van der Waals surface area contributed by atoms with Crippen molar-refractivity contribution >= 4 is 28.7 Å². The van der Waals surface area contributed by atoms with Crippen LogP contribution in [0.2, 0.25) is 0 Å². The third kappa shape index (κ3) is 5.32. The summed E-state index contributed by atoms with van der Waals surface area (Å²) in [6, 6.07) is 12.1. The van der Waals surface area contributed by atoms with Crippen molar-refractivity contribution in [3.63, 3.8) is 0 Å². The minimum absolute atomic E-state index is 0.0703. The lowest BCUT2D eigenvalue weighted by molar-refractivity contribution is -0.128. The molecule has 2 aromatic carbocycles. The van der Waals surface area contributed by atoms with Gasteiger partial charge in [-0.05, 0) is 64.0 Å². The van der Waals surface area contributed by atoms with Gasteiger partial charge in [0, 0.05) is 5.69 Å². The molecule has 0 radical (unpaired) electrons. The summed E-state index contributed by atoms with van der Waals surface area (Å²) in [4.78, 5) is 32.6. The van der Waals surface area contributed by atoms with Gasteiger partial charge in [0.25, 0.3) is 0 Å². The van der Waals surface area contributed by atoms with Crippen molar-refractivity contribution < 1.29 is 9.59 Å². The molecule has 2 unspecified atom stereocenters. The number of allylic oxidation sites excluding steroid dienone is 3. The Morgan fingerprint density at radius 3 is 1.74 bits per heavy atom. The second-order valence-electron chi connectivity index (χ2n) is 11.9.